The second-order valence-electron chi connectivity index (χ2n) is 7.26. The largest absolute Gasteiger partial charge is 0.478 e. The minimum absolute atomic E-state index is 0.111. The number of H-pyrrole nitrogens is 1. The van der Waals surface area contributed by atoms with Gasteiger partial charge >= 0.3 is 5.97 Å². The van der Waals surface area contributed by atoms with E-state index < -0.39 is 5.97 Å². The van der Waals surface area contributed by atoms with Crippen molar-refractivity contribution in [1.29, 1.82) is 0 Å². The first-order valence-corrected chi connectivity index (χ1v) is 9.64. The summed E-state index contributed by atoms with van der Waals surface area (Å²) in [7, 11) is 3.87. The highest BCUT2D eigenvalue weighted by atomic mass is 16.4. The van der Waals surface area contributed by atoms with Crippen molar-refractivity contribution in [2.75, 3.05) is 26.0 Å². The van der Waals surface area contributed by atoms with Gasteiger partial charge in [-0.2, -0.15) is 0 Å². The molecular weight excluding hydrogens is 382 g/mol. The monoisotopic (exact) mass is 407 g/mol. The summed E-state index contributed by atoms with van der Waals surface area (Å²) < 4.78 is 0. The van der Waals surface area contributed by atoms with Gasteiger partial charge in [0.05, 0.1) is 16.6 Å². The molecule has 0 saturated carbocycles. The Morgan fingerprint density at radius 2 is 2.03 bits per heavy atom. The van der Waals surface area contributed by atoms with Crippen LogP contribution in [0, 0.1) is 0 Å². The molecule has 0 radical (unpaired) electrons. The van der Waals surface area contributed by atoms with E-state index in [2.05, 4.69) is 20.3 Å². The number of carbonyl (C=O) groups excluding carboxylic acids is 1. The van der Waals surface area contributed by atoms with Gasteiger partial charge in [0.2, 0.25) is 0 Å². The summed E-state index contributed by atoms with van der Waals surface area (Å²) in [6, 6.07) is 7.21. The summed E-state index contributed by atoms with van der Waals surface area (Å²) >= 11 is 0. The van der Waals surface area contributed by atoms with E-state index >= 15 is 0 Å². The van der Waals surface area contributed by atoms with Gasteiger partial charge in [-0.1, -0.05) is 25.1 Å². The summed E-state index contributed by atoms with van der Waals surface area (Å²) in [6.45, 7) is 4.37. The zero-order valence-electron chi connectivity index (χ0n) is 17.5. The minimum Gasteiger partial charge on any atom is -0.478 e. The Labute approximate surface area is 174 Å². The van der Waals surface area contributed by atoms with Gasteiger partial charge in [-0.3, -0.25) is 4.79 Å². The number of nitrogens with zero attached hydrogens (tertiary/aromatic N) is 3. The van der Waals surface area contributed by atoms with Crippen LogP contribution in [-0.4, -0.2) is 57.5 Å². The van der Waals surface area contributed by atoms with Crippen LogP contribution in [-0.2, 0) is 11.2 Å². The van der Waals surface area contributed by atoms with Gasteiger partial charge < -0.3 is 20.3 Å². The molecule has 2 aromatic heterocycles. The molecule has 30 heavy (non-hydrogen) atoms. The second kappa shape index (κ2) is 8.87. The average Bonchev–Trinajstić information content (AvgIpc) is 3.15. The summed E-state index contributed by atoms with van der Waals surface area (Å²) in [5.41, 5.74) is 3.03. The molecule has 8 heteroatoms. The molecule has 156 valence electrons. The van der Waals surface area contributed by atoms with Crippen molar-refractivity contribution in [1.82, 2.24) is 19.9 Å². The van der Waals surface area contributed by atoms with Crippen molar-refractivity contribution < 1.29 is 14.7 Å². The van der Waals surface area contributed by atoms with Gasteiger partial charge in [-0.15, -0.1) is 0 Å². The normalized spacial score (nSPS) is 11.8. The lowest BCUT2D eigenvalue weighted by molar-refractivity contribution is -0.112. The minimum atomic E-state index is -1.05. The number of anilines is 1. The molecule has 0 spiro atoms. The summed E-state index contributed by atoms with van der Waals surface area (Å²) in [5.74, 6) is -0.640. The van der Waals surface area contributed by atoms with Gasteiger partial charge in [0.25, 0.3) is 5.91 Å². The van der Waals surface area contributed by atoms with Crippen molar-refractivity contribution in [3.63, 3.8) is 0 Å². The SMILES string of the molecule is CCc1nc(-c2cccc(NC(=O)/C(C)=C/CN(C)C)c2)c2c(C(=O)O)c[nH]c2n1. The Hall–Kier alpha value is -3.52. The number of aromatic amines is 1. The first kappa shape index (κ1) is 21.2. The fourth-order valence-electron chi connectivity index (χ4n) is 3.00. The maximum absolute atomic E-state index is 12.5. The Bertz CT molecular complexity index is 1130. The molecule has 3 rings (SSSR count). The zero-order chi connectivity index (χ0) is 21.8. The Morgan fingerprint density at radius 3 is 2.70 bits per heavy atom. The summed E-state index contributed by atoms with van der Waals surface area (Å²) in [4.78, 5) is 38.0. The number of benzene rings is 1. The van der Waals surface area contributed by atoms with Crippen molar-refractivity contribution in [3.05, 3.63) is 53.5 Å². The molecule has 0 saturated heterocycles. The van der Waals surface area contributed by atoms with Gasteiger partial charge in [0.1, 0.15) is 11.5 Å². The fraction of sp³-hybridized carbons (Fsp3) is 0.273. The Kier molecular flexibility index (Phi) is 6.27. The fourth-order valence-corrected chi connectivity index (χ4v) is 3.00. The Morgan fingerprint density at radius 1 is 1.27 bits per heavy atom. The number of likely N-dealkylation sites (N-methyl/N-ethyl adjacent to an activating group) is 1. The molecule has 3 N–H and O–H groups in total. The van der Waals surface area contributed by atoms with Crippen LogP contribution < -0.4 is 5.32 Å². The second-order valence-corrected chi connectivity index (χ2v) is 7.26. The number of carboxylic acid groups (broad SMARTS) is 1. The van der Waals surface area contributed by atoms with E-state index in [-0.39, 0.29) is 11.5 Å². The highest BCUT2D eigenvalue weighted by Crippen LogP contribution is 2.30. The van der Waals surface area contributed by atoms with E-state index in [1.165, 1.54) is 6.20 Å². The molecule has 1 amide bonds. The number of hydrogen-bond donors (Lipinski definition) is 3. The van der Waals surface area contributed by atoms with Gasteiger partial charge in [-0.05, 0) is 33.2 Å². The van der Waals surface area contributed by atoms with Crippen LogP contribution in [0.3, 0.4) is 0 Å². The lowest BCUT2D eigenvalue weighted by Crippen LogP contribution is -2.16. The lowest BCUT2D eigenvalue weighted by Gasteiger charge is -2.10. The molecule has 1 aromatic carbocycles. The topological polar surface area (TPSA) is 111 Å². The van der Waals surface area contributed by atoms with E-state index in [1.807, 2.05) is 38.1 Å². The van der Waals surface area contributed by atoms with Gasteiger partial charge in [0.15, 0.2) is 0 Å². The number of rotatable bonds is 7. The van der Waals surface area contributed by atoms with Crippen LogP contribution in [0.25, 0.3) is 22.3 Å². The van der Waals surface area contributed by atoms with Crippen molar-refractivity contribution in [2.24, 2.45) is 0 Å². The van der Waals surface area contributed by atoms with E-state index in [0.29, 0.717) is 52.3 Å². The summed E-state index contributed by atoms with van der Waals surface area (Å²) in [6.07, 6.45) is 3.89. The van der Waals surface area contributed by atoms with Crippen molar-refractivity contribution >= 4 is 28.6 Å². The van der Waals surface area contributed by atoms with Gasteiger partial charge in [-0.25, -0.2) is 14.8 Å². The molecule has 0 aliphatic rings. The van der Waals surface area contributed by atoms with Crippen LogP contribution in [0.5, 0.6) is 0 Å². The Balaban J connectivity index is 2.01. The highest BCUT2D eigenvalue weighted by Gasteiger charge is 2.19. The number of fused-ring (bicyclic) bond motifs is 1. The molecule has 3 aromatic rings. The molecule has 0 unspecified atom stereocenters. The quantitative estimate of drug-likeness (QED) is 0.518. The standard InChI is InChI=1S/C22H25N5O3/c1-5-17-25-19(18-16(22(29)30)12-23-20(18)26-17)14-7-6-8-15(11-14)24-21(28)13(2)9-10-27(3)4/h6-9,11-12H,5,10H2,1-4H3,(H,24,28)(H,29,30)(H,23,25,26)/b13-9+. The number of carboxylic acids is 1. The van der Waals surface area contributed by atoms with Crippen LogP contribution in [0.2, 0.25) is 0 Å². The third kappa shape index (κ3) is 4.55. The van der Waals surface area contributed by atoms with Crippen LogP contribution >= 0.6 is 0 Å². The predicted octanol–water partition coefficient (Wildman–Crippen LogP) is 3.33. The molecule has 0 fully saturated rings. The number of nitrogens with one attached hydrogen (secondary N) is 2. The van der Waals surface area contributed by atoms with E-state index in [4.69, 9.17) is 0 Å². The number of aromatic carboxylic acids is 1. The number of aromatic nitrogens is 3. The van der Waals surface area contributed by atoms with E-state index in [0.717, 1.165) is 0 Å². The molecule has 0 bridgehead atoms. The molecule has 0 atom stereocenters. The molecule has 0 aliphatic carbocycles. The maximum Gasteiger partial charge on any atom is 0.338 e. The zero-order valence-corrected chi connectivity index (χ0v) is 17.5. The highest BCUT2D eigenvalue weighted by molar-refractivity contribution is 6.08. The smallest absolute Gasteiger partial charge is 0.338 e. The number of hydrogen-bond acceptors (Lipinski definition) is 5. The molecular formula is C22H25N5O3. The molecule has 2 heterocycles. The molecule has 0 aliphatic heterocycles. The van der Waals surface area contributed by atoms with Crippen molar-refractivity contribution in [3.8, 4) is 11.3 Å². The predicted molar refractivity (Wildman–Crippen MR) is 117 cm³/mol. The lowest BCUT2D eigenvalue weighted by atomic mass is 10.1. The number of aryl methyl sites for hydroxylation is 1. The van der Waals surface area contributed by atoms with E-state index in [9.17, 15) is 14.7 Å². The molecule has 8 nitrogen and oxygen atoms in total. The third-order valence-electron chi connectivity index (χ3n) is 4.64. The first-order chi connectivity index (χ1) is 14.3. The first-order valence-electron chi connectivity index (χ1n) is 9.64. The van der Waals surface area contributed by atoms with Crippen LogP contribution in [0.15, 0.2) is 42.1 Å². The number of carbonyl (C=O) groups is 2. The van der Waals surface area contributed by atoms with Gasteiger partial charge in [0, 0.05) is 36.0 Å². The van der Waals surface area contributed by atoms with Crippen LogP contribution in [0.1, 0.15) is 30.0 Å². The number of amides is 1. The maximum atomic E-state index is 12.5. The van der Waals surface area contributed by atoms with Crippen molar-refractivity contribution in [2.45, 2.75) is 20.3 Å². The average molecular weight is 407 g/mol. The summed E-state index contributed by atoms with van der Waals surface area (Å²) in [5, 5.41) is 12.9. The third-order valence-corrected chi connectivity index (χ3v) is 4.64. The van der Waals surface area contributed by atoms with E-state index in [1.54, 1.807) is 25.1 Å². The van der Waals surface area contributed by atoms with Crippen LogP contribution in [0.4, 0.5) is 5.69 Å².